The molecular formula is C15H15NO4. The number of rotatable bonds is 5. The molecule has 2 aromatic rings. The highest BCUT2D eigenvalue weighted by Crippen LogP contribution is 2.33. The third kappa shape index (κ3) is 3.13. The molecule has 0 saturated heterocycles. The summed E-state index contributed by atoms with van der Waals surface area (Å²) in [5.41, 5.74) is 1.62. The Balaban J connectivity index is 2.39. The lowest BCUT2D eigenvalue weighted by molar-refractivity contribution is -0.385. The summed E-state index contributed by atoms with van der Waals surface area (Å²) < 4.78 is 5.68. The highest BCUT2D eigenvalue weighted by molar-refractivity contribution is 5.51. The van der Waals surface area contributed by atoms with Crippen LogP contribution in [0.15, 0.2) is 42.5 Å². The van der Waals surface area contributed by atoms with Gasteiger partial charge in [0.2, 0.25) is 5.75 Å². The van der Waals surface area contributed by atoms with Crippen LogP contribution in [0, 0.1) is 17.0 Å². The fraction of sp³-hybridized carbons (Fsp3) is 0.200. The van der Waals surface area contributed by atoms with Gasteiger partial charge in [0.05, 0.1) is 4.92 Å². The molecule has 0 spiro atoms. The molecule has 2 aromatic carbocycles. The summed E-state index contributed by atoms with van der Waals surface area (Å²) in [5, 5.41) is 20.1. The van der Waals surface area contributed by atoms with Crippen LogP contribution in [0.25, 0.3) is 0 Å². The molecule has 0 aromatic heterocycles. The maximum atomic E-state index is 11.0. The van der Waals surface area contributed by atoms with Crippen molar-refractivity contribution in [3.05, 3.63) is 63.7 Å². The molecule has 0 bridgehead atoms. The number of aryl methyl sites for hydroxylation is 1. The van der Waals surface area contributed by atoms with Crippen molar-refractivity contribution in [3.63, 3.8) is 0 Å². The first-order chi connectivity index (χ1) is 9.61. The van der Waals surface area contributed by atoms with Crippen LogP contribution >= 0.6 is 0 Å². The highest BCUT2D eigenvalue weighted by Gasteiger charge is 2.16. The molecule has 5 heteroatoms. The van der Waals surface area contributed by atoms with Gasteiger partial charge in [-0.1, -0.05) is 24.3 Å². The Kier molecular flexibility index (Phi) is 4.32. The van der Waals surface area contributed by atoms with Crippen LogP contribution in [-0.4, -0.2) is 16.6 Å². The second-order valence-corrected chi connectivity index (χ2v) is 4.41. The number of nitro groups is 1. The average Bonchev–Trinajstić information content (AvgIpc) is 2.41. The van der Waals surface area contributed by atoms with Crippen molar-refractivity contribution in [1.29, 1.82) is 0 Å². The van der Waals surface area contributed by atoms with E-state index in [9.17, 15) is 10.1 Å². The molecule has 0 heterocycles. The van der Waals surface area contributed by atoms with Crippen molar-refractivity contribution in [2.75, 3.05) is 6.61 Å². The van der Waals surface area contributed by atoms with Crippen molar-refractivity contribution >= 4 is 5.69 Å². The van der Waals surface area contributed by atoms with Crippen LogP contribution < -0.4 is 4.74 Å². The van der Waals surface area contributed by atoms with Gasteiger partial charge in [0.15, 0.2) is 0 Å². The summed E-state index contributed by atoms with van der Waals surface area (Å²) in [4.78, 5) is 10.6. The Hall–Kier alpha value is -2.40. The van der Waals surface area contributed by atoms with Crippen LogP contribution in [0.4, 0.5) is 5.69 Å². The standard InChI is InChI=1S/C15H15NO4/c1-11-6-7-13(16(18)19)15(10-11)20-14-5-3-2-4-12(14)8-9-17/h2-7,10,17H,8-9H2,1H3. The summed E-state index contributed by atoms with van der Waals surface area (Å²) in [6, 6.07) is 11.9. The normalized spacial score (nSPS) is 10.3. The maximum Gasteiger partial charge on any atom is 0.311 e. The predicted octanol–water partition coefficient (Wildman–Crippen LogP) is 3.23. The molecule has 0 aliphatic rings. The van der Waals surface area contributed by atoms with Gasteiger partial charge in [-0.25, -0.2) is 0 Å². The van der Waals surface area contributed by atoms with E-state index in [4.69, 9.17) is 9.84 Å². The smallest absolute Gasteiger partial charge is 0.311 e. The zero-order chi connectivity index (χ0) is 14.5. The summed E-state index contributed by atoms with van der Waals surface area (Å²) in [6.07, 6.45) is 0.440. The first kappa shape index (κ1) is 14.0. The van der Waals surface area contributed by atoms with E-state index in [1.807, 2.05) is 19.1 Å². The molecule has 0 aliphatic carbocycles. The van der Waals surface area contributed by atoms with Crippen LogP contribution in [0.2, 0.25) is 0 Å². The molecule has 1 N–H and O–H groups in total. The van der Waals surface area contributed by atoms with Crippen LogP contribution in [0.5, 0.6) is 11.5 Å². The zero-order valence-corrected chi connectivity index (χ0v) is 11.1. The SMILES string of the molecule is Cc1ccc([N+](=O)[O-])c(Oc2ccccc2CCO)c1. The highest BCUT2D eigenvalue weighted by atomic mass is 16.6. The third-order valence-corrected chi connectivity index (χ3v) is 2.89. The maximum absolute atomic E-state index is 11.0. The van der Waals surface area contributed by atoms with Gasteiger partial charge >= 0.3 is 5.69 Å². The van der Waals surface area contributed by atoms with E-state index in [0.717, 1.165) is 11.1 Å². The van der Waals surface area contributed by atoms with E-state index in [2.05, 4.69) is 0 Å². The van der Waals surface area contributed by atoms with Crippen molar-refractivity contribution < 1.29 is 14.8 Å². The quantitative estimate of drug-likeness (QED) is 0.670. The lowest BCUT2D eigenvalue weighted by atomic mass is 10.1. The van der Waals surface area contributed by atoms with Crippen molar-refractivity contribution in [1.82, 2.24) is 0 Å². The largest absolute Gasteiger partial charge is 0.450 e. The molecule has 2 rings (SSSR count). The van der Waals surface area contributed by atoms with Gasteiger partial charge in [-0.15, -0.1) is 0 Å². The first-order valence-corrected chi connectivity index (χ1v) is 6.23. The van der Waals surface area contributed by atoms with Gasteiger partial charge < -0.3 is 9.84 Å². The minimum absolute atomic E-state index is 0.00369. The number of hydrogen-bond donors (Lipinski definition) is 1. The Morgan fingerprint density at radius 3 is 2.65 bits per heavy atom. The van der Waals surface area contributed by atoms with Crippen LogP contribution in [0.3, 0.4) is 0 Å². The van der Waals surface area contributed by atoms with E-state index in [1.165, 1.54) is 6.07 Å². The first-order valence-electron chi connectivity index (χ1n) is 6.23. The molecule has 0 saturated carbocycles. The second kappa shape index (κ2) is 6.16. The monoisotopic (exact) mass is 273 g/mol. The topological polar surface area (TPSA) is 72.6 Å². The van der Waals surface area contributed by atoms with Gasteiger partial charge in [0.1, 0.15) is 5.75 Å². The molecule has 5 nitrogen and oxygen atoms in total. The van der Waals surface area contributed by atoms with Gasteiger partial charge in [0, 0.05) is 12.7 Å². The number of aliphatic hydroxyl groups excluding tert-OH is 1. The van der Waals surface area contributed by atoms with Crippen molar-refractivity contribution in [2.24, 2.45) is 0 Å². The Bertz CT molecular complexity index is 625. The van der Waals surface area contributed by atoms with Crippen molar-refractivity contribution in [3.8, 4) is 11.5 Å². The molecule has 0 radical (unpaired) electrons. The predicted molar refractivity (Wildman–Crippen MR) is 75.1 cm³/mol. The molecule has 20 heavy (non-hydrogen) atoms. The third-order valence-electron chi connectivity index (χ3n) is 2.89. The number of para-hydroxylation sites is 1. The fourth-order valence-electron chi connectivity index (χ4n) is 1.90. The van der Waals surface area contributed by atoms with Crippen LogP contribution in [-0.2, 0) is 6.42 Å². The number of nitrogens with zero attached hydrogens (tertiary/aromatic N) is 1. The summed E-state index contributed by atoms with van der Waals surface area (Å²) >= 11 is 0. The molecule has 0 amide bonds. The Labute approximate surface area is 116 Å². The van der Waals surface area contributed by atoms with Gasteiger partial charge in [-0.05, 0) is 36.6 Å². The molecule has 0 fully saturated rings. The number of benzene rings is 2. The summed E-state index contributed by atoms with van der Waals surface area (Å²) in [6.45, 7) is 1.84. The number of ether oxygens (including phenoxy) is 1. The van der Waals surface area contributed by atoms with Gasteiger partial charge in [-0.2, -0.15) is 0 Å². The lowest BCUT2D eigenvalue weighted by Crippen LogP contribution is -1.98. The number of hydrogen-bond acceptors (Lipinski definition) is 4. The Morgan fingerprint density at radius 2 is 1.95 bits per heavy atom. The van der Waals surface area contributed by atoms with E-state index in [0.29, 0.717) is 12.2 Å². The van der Waals surface area contributed by atoms with Gasteiger partial charge in [-0.3, -0.25) is 10.1 Å². The Morgan fingerprint density at radius 1 is 1.20 bits per heavy atom. The van der Waals surface area contributed by atoms with Crippen LogP contribution in [0.1, 0.15) is 11.1 Å². The molecule has 0 unspecified atom stereocenters. The molecule has 0 aliphatic heterocycles. The number of nitro benzene ring substituents is 1. The second-order valence-electron chi connectivity index (χ2n) is 4.41. The number of aliphatic hydroxyl groups is 1. The lowest BCUT2D eigenvalue weighted by Gasteiger charge is -2.11. The fourth-order valence-corrected chi connectivity index (χ4v) is 1.90. The zero-order valence-electron chi connectivity index (χ0n) is 11.1. The summed E-state index contributed by atoms with van der Waals surface area (Å²) in [7, 11) is 0. The minimum Gasteiger partial charge on any atom is -0.450 e. The minimum atomic E-state index is -0.469. The van der Waals surface area contributed by atoms with Gasteiger partial charge in [0.25, 0.3) is 0 Å². The van der Waals surface area contributed by atoms with E-state index < -0.39 is 4.92 Å². The van der Waals surface area contributed by atoms with E-state index >= 15 is 0 Å². The molecule has 0 atom stereocenters. The van der Waals surface area contributed by atoms with E-state index in [1.54, 1.807) is 24.3 Å². The average molecular weight is 273 g/mol. The van der Waals surface area contributed by atoms with Crippen molar-refractivity contribution in [2.45, 2.75) is 13.3 Å². The molecule has 104 valence electrons. The summed E-state index contributed by atoms with van der Waals surface area (Å²) in [5.74, 6) is 0.732. The van der Waals surface area contributed by atoms with E-state index in [-0.39, 0.29) is 18.0 Å². The molecular weight excluding hydrogens is 258 g/mol.